The molecule has 0 aliphatic rings. The summed E-state index contributed by atoms with van der Waals surface area (Å²) in [5.41, 5.74) is 11.3. The monoisotopic (exact) mass is 240 g/mol. The third-order valence-corrected chi connectivity index (χ3v) is 3.23. The zero-order chi connectivity index (χ0) is 12.7. The third kappa shape index (κ3) is 1.62. The molecule has 4 N–H and O–H groups in total. The van der Waals surface area contributed by atoms with E-state index in [1.54, 1.807) is 0 Å². The number of benzene rings is 1. The van der Waals surface area contributed by atoms with Gasteiger partial charge in [0.25, 0.3) is 0 Å². The van der Waals surface area contributed by atoms with E-state index in [9.17, 15) is 0 Å². The Bertz CT molecular complexity index is 706. The first-order chi connectivity index (χ1) is 8.69. The molecular weight excluding hydrogens is 224 g/mol. The number of nitrogens with one attached hydrogen (secondary N) is 2. The molecule has 92 valence electrons. The molecule has 0 saturated heterocycles. The fourth-order valence-corrected chi connectivity index (χ4v) is 2.38. The van der Waals surface area contributed by atoms with Crippen LogP contribution in [0, 0.1) is 13.8 Å². The van der Waals surface area contributed by atoms with Crippen LogP contribution in [0.25, 0.3) is 22.2 Å². The van der Waals surface area contributed by atoms with Crippen molar-refractivity contribution in [1.29, 1.82) is 0 Å². The molecule has 0 spiro atoms. The molecule has 18 heavy (non-hydrogen) atoms. The van der Waals surface area contributed by atoms with Crippen LogP contribution in [0.3, 0.4) is 0 Å². The average Bonchev–Trinajstić information content (AvgIpc) is 2.92. The van der Waals surface area contributed by atoms with Crippen LogP contribution < -0.4 is 5.73 Å². The van der Waals surface area contributed by atoms with Gasteiger partial charge in [0, 0.05) is 22.2 Å². The van der Waals surface area contributed by atoms with Gasteiger partial charge in [0.05, 0.1) is 18.4 Å². The molecule has 2 heterocycles. The molecular formula is C14H16N4. The van der Waals surface area contributed by atoms with Crippen LogP contribution in [0.5, 0.6) is 0 Å². The first kappa shape index (κ1) is 11.0. The van der Waals surface area contributed by atoms with Crippen molar-refractivity contribution in [2.45, 2.75) is 20.4 Å². The minimum absolute atomic E-state index is 0.431. The van der Waals surface area contributed by atoms with E-state index in [2.05, 4.69) is 47.0 Å². The normalized spacial score (nSPS) is 11.3. The number of aromatic amines is 2. The molecule has 3 rings (SSSR count). The lowest BCUT2D eigenvalue weighted by Crippen LogP contribution is -1.97. The summed E-state index contributed by atoms with van der Waals surface area (Å²) >= 11 is 0. The summed E-state index contributed by atoms with van der Waals surface area (Å²) in [4.78, 5) is 10.9. The molecule has 0 fully saturated rings. The highest BCUT2D eigenvalue weighted by molar-refractivity contribution is 5.96. The Labute approximate surface area is 105 Å². The number of nitrogens with zero attached hydrogens (tertiary/aromatic N) is 1. The molecule has 4 heteroatoms. The highest BCUT2D eigenvalue weighted by Gasteiger charge is 2.12. The zero-order valence-electron chi connectivity index (χ0n) is 10.5. The molecule has 0 saturated carbocycles. The van der Waals surface area contributed by atoms with Crippen LogP contribution >= 0.6 is 0 Å². The van der Waals surface area contributed by atoms with Crippen molar-refractivity contribution in [2.24, 2.45) is 5.73 Å². The molecule has 0 aliphatic heterocycles. The minimum Gasteiger partial charge on any atom is -0.358 e. The Morgan fingerprint density at radius 1 is 1.22 bits per heavy atom. The second kappa shape index (κ2) is 3.99. The lowest BCUT2D eigenvalue weighted by Gasteiger charge is -1.99. The Kier molecular flexibility index (Phi) is 2.45. The van der Waals surface area contributed by atoms with E-state index >= 15 is 0 Å². The van der Waals surface area contributed by atoms with Gasteiger partial charge in [-0.25, -0.2) is 4.98 Å². The van der Waals surface area contributed by atoms with Crippen molar-refractivity contribution in [2.75, 3.05) is 0 Å². The quantitative estimate of drug-likeness (QED) is 0.644. The molecule has 0 unspecified atom stereocenters. The van der Waals surface area contributed by atoms with Gasteiger partial charge in [-0.2, -0.15) is 0 Å². The molecule has 1 aromatic carbocycles. The molecule has 0 amide bonds. The van der Waals surface area contributed by atoms with Crippen LogP contribution in [0.2, 0.25) is 0 Å². The van der Waals surface area contributed by atoms with Crippen LogP contribution in [0.4, 0.5) is 0 Å². The number of fused-ring (bicyclic) bond motifs is 1. The summed E-state index contributed by atoms with van der Waals surface area (Å²) in [6, 6.07) is 6.42. The molecule has 0 aliphatic carbocycles. The van der Waals surface area contributed by atoms with Crippen LogP contribution in [0.1, 0.15) is 17.1 Å². The van der Waals surface area contributed by atoms with Crippen LogP contribution in [0.15, 0.2) is 24.4 Å². The van der Waals surface area contributed by atoms with Gasteiger partial charge in [-0.1, -0.05) is 11.6 Å². The Morgan fingerprint density at radius 3 is 2.78 bits per heavy atom. The first-order valence-corrected chi connectivity index (χ1v) is 6.02. The van der Waals surface area contributed by atoms with E-state index in [0.29, 0.717) is 6.54 Å². The van der Waals surface area contributed by atoms with Gasteiger partial charge in [-0.3, -0.25) is 0 Å². The summed E-state index contributed by atoms with van der Waals surface area (Å²) in [5.74, 6) is 0.811. The van der Waals surface area contributed by atoms with Gasteiger partial charge in [-0.15, -0.1) is 0 Å². The number of rotatable bonds is 2. The average molecular weight is 240 g/mol. The highest BCUT2D eigenvalue weighted by Crippen LogP contribution is 2.31. The summed E-state index contributed by atoms with van der Waals surface area (Å²) in [5, 5.41) is 1.22. The van der Waals surface area contributed by atoms with Gasteiger partial charge in [0.15, 0.2) is 0 Å². The van der Waals surface area contributed by atoms with Crippen LogP contribution in [-0.4, -0.2) is 15.0 Å². The fraction of sp³-hybridized carbons (Fsp3) is 0.214. The predicted octanol–water partition coefficient (Wildman–Crippen LogP) is 2.63. The molecule has 0 bridgehead atoms. The maximum Gasteiger partial charge on any atom is 0.120 e. The number of hydrogen-bond donors (Lipinski definition) is 3. The van der Waals surface area contributed by atoms with E-state index < -0.39 is 0 Å². The Morgan fingerprint density at radius 2 is 2.06 bits per heavy atom. The van der Waals surface area contributed by atoms with E-state index in [0.717, 1.165) is 22.7 Å². The highest BCUT2D eigenvalue weighted by atomic mass is 14.9. The lowest BCUT2D eigenvalue weighted by atomic mass is 10.1. The summed E-state index contributed by atoms with van der Waals surface area (Å²) < 4.78 is 0. The molecule has 2 aromatic heterocycles. The van der Waals surface area contributed by atoms with E-state index in [4.69, 9.17) is 5.73 Å². The Hall–Kier alpha value is -2.07. The van der Waals surface area contributed by atoms with E-state index in [-0.39, 0.29) is 0 Å². The third-order valence-electron chi connectivity index (χ3n) is 3.23. The van der Waals surface area contributed by atoms with Gasteiger partial charge in [0.1, 0.15) is 5.82 Å². The van der Waals surface area contributed by atoms with E-state index in [1.807, 2.05) is 6.20 Å². The molecule has 0 atom stereocenters. The second-order valence-electron chi connectivity index (χ2n) is 4.62. The second-order valence-corrected chi connectivity index (χ2v) is 4.62. The predicted molar refractivity (Wildman–Crippen MR) is 73.2 cm³/mol. The summed E-state index contributed by atoms with van der Waals surface area (Å²) in [7, 11) is 0. The van der Waals surface area contributed by atoms with Crippen molar-refractivity contribution in [1.82, 2.24) is 15.0 Å². The standard InChI is InChI=1S/C14H16N4/c1-8-3-4-11-10(5-8)14(9(2)17-11)12-7-16-13(6-15)18-12/h3-5,7,17H,6,15H2,1-2H3,(H,16,18). The maximum absolute atomic E-state index is 5.59. The number of hydrogen-bond acceptors (Lipinski definition) is 2. The number of H-pyrrole nitrogens is 2. The van der Waals surface area contributed by atoms with Gasteiger partial charge >= 0.3 is 0 Å². The largest absolute Gasteiger partial charge is 0.358 e. The molecule has 4 nitrogen and oxygen atoms in total. The lowest BCUT2D eigenvalue weighted by molar-refractivity contribution is 0.950. The smallest absolute Gasteiger partial charge is 0.120 e. The fourth-order valence-electron chi connectivity index (χ4n) is 2.38. The number of nitrogens with two attached hydrogens (primary N) is 1. The summed E-state index contributed by atoms with van der Waals surface area (Å²) in [6.07, 6.45) is 1.85. The van der Waals surface area contributed by atoms with Crippen LogP contribution in [-0.2, 0) is 6.54 Å². The first-order valence-electron chi connectivity index (χ1n) is 6.02. The molecule has 3 aromatic rings. The topological polar surface area (TPSA) is 70.5 Å². The van der Waals surface area contributed by atoms with Gasteiger partial charge < -0.3 is 15.7 Å². The number of aryl methyl sites for hydroxylation is 2. The van der Waals surface area contributed by atoms with Crippen molar-refractivity contribution < 1.29 is 0 Å². The molecule has 0 radical (unpaired) electrons. The maximum atomic E-state index is 5.59. The van der Waals surface area contributed by atoms with Gasteiger partial charge in [-0.05, 0) is 26.0 Å². The van der Waals surface area contributed by atoms with E-state index in [1.165, 1.54) is 16.5 Å². The van der Waals surface area contributed by atoms with Crippen molar-refractivity contribution in [3.05, 3.63) is 41.5 Å². The van der Waals surface area contributed by atoms with Crippen molar-refractivity contribution in [3.8, 4) is 11.3 Å². The summed E-state index contributed by atoms with van der Waals surface area (Å²) in [6.45, 7) is 4.61. The number of imidazole rings is 1. The Balaban J connectivity index is 2.26. The van der Waals surface area contributed by atoms with Crippen molar-refractivity contribution in [3.63, 3.8) is 0 Å². The zero-order valence-corrected chi connectivity index (χ0v) is 10.5. The SMILES string of the molecule is Cc1ccc2[nH]c(C)c(-c3cnc(CN)[nH]3)c2c1. The van der Waals surface area contributed by atoms with Crippen molar-refractivity contribution >= 4 is 10.9 Å². The van der Waals surface area contributed by atoms with Gasteiger partial charge in [0.2, 0.25) is 0 Å². The number of aromatic nitrogens is 3. The minimum atomic E-state index is 0.431.